The highest BCUT2D eigenvalue weighted by Gasteiger charge is 2.34. The van der Waals surface area contributed by atoms with E-state index in [-0.39, 0.29) is 17.5 Å². The molecule has 0 saturated heterocycles. The predicted molar refractivity (Wildman–Crippen MR) is 79.7 cm³/mol. The Morgan fingerprint density at radius 1 is 1.50 bits per heavy atom. The Hall–Kier alpha value is -1.55. The second kappa shape index (κ2) is 5.83. The van der Waals surface area contributed by atoms with Crippen LogP contribution in [0.15, 0.2) is 18.2 Å². The summed E-state index contributed by atoms with van der Waals surface area (Å²) in [5.41, 5.74) is 7.99. The minimum absolute atomic E-state index is 0.0169. The van der Waals surface area contributed by atoms with E-state index in [1.807, 2.05) is 32.0 Å². The largest absolute Gasteiger partial charge is 0.496 e. The van der Waals surface area contributed by atoms with E-state index in [2.05, 4.69) is 5.32 Å². The fraction of sp³-hybridized carbons (Fsp3) is 0.562. The predicted octanol–water partition coefficient (Wildman–Crippen LogP) is 2.45. The van der Waals surface area contributed by atoms with E-state index in [0.29, 0.717) is 6.42 Å². The Bertz CT molecular complexity index is 495. The molecular weight excluding hydrogens is 252 g/mol. The summed E-state index contributed by atoms with van der Waals surface area (Å²) >= 11 is 0. The highest BCUT2D eigenvalue weighted by Crippen LogP contribution is 2.32. The quantitative estimate of drug-likeness (QED) is 0.868. The molecule has 1 atom stereocenters. The zero-order valence-corrected chi connectivity index (χ0v) is 12.5. The van der Waals surface area contributed by atoms with Crippen LogP contribution >= 0.6 is 0 Å². The van der Waals surface area contributed by atoms with Gasteiger partial charge >= 0.3 is 0 Å². The topological polar surface area (TPSA) is 64.3 Å². The third kappa shape index (κ3) is 3.31. The molecular formula is C16H24N2O2. The molecule has 1 aromatic rings. The first-order valence-corrected chi connectivity index (χ1v) is 7.16. The van der Waals surface area contributed by atoms with Crippen molar-refractivity contribution in [2.24, 2.45) is 5.73 Å². The third-order valence-corrected chi connectivity index (χ3v) is 4.09. The van der Waals surface area contributed by atoms with E-state index >= 15 is 0 Å². The number of ether oxygens (including phenoxy) is 1. The van der Waals surface area contributed by atoms with Crippen molar-refractivity contribution in [3.05, 3.63) is 29.3 Å². The summed E-state index contributed by atoms with van der Waals surface area (Å²) in [5, 5.41) is 3.02. The number of carbonyl (C=O) groups is 1. The molecule has 2 rings (SSSR count). The first-order chi connectivity index (χ1) is 9.43. The van der Waals surface area contributed by atoms with Crippen LogP contribution in [0.3, 0.4) is 0 Å². The van der Waals surface area contributed by atoms with Crippen molar-refractivity contribution in [1.82, 2.24) is 5.32 Å². The molecule has 1 amide bonds. The van der Waals surface area contributed by atoms with Gasteiger partial charge in [-0.1, -0.05) is 17.7 Å². The van der Waals surface area contributed by atoms with Gasteiger partial charge in [0.05, 0.1) is 13.2 Å². The molecule has 1 aliphatic carbocycles. The molecule has 0 heterocycles. The highest BCUT2D eigenvalue weighted by molar-refractivity contribution is 5.78. The van der Waals surface area contributed by atoms with Crippen molar-refractivity contribution in [2.75, 3.05) is 7.11 Å². The number of benzene rings is 1. The molecule has 4 heteroatoms. The number of nitrogens with two attached hydrogens (primary N) is 1. The standard InChI is InChI=1S/C16H24N2O2/c1-11-5-6-14(20-3)13(9-11)12(2)18-15(19)10-16(17)7-4-8-16/h5-6,9,12H,4,7-8,10,17H2,1-3H3,(H,18,19). The molecule has 1 aromatic carbocycles. The third-order valence-electron chi connectivity index (χ3n) is 4.09. The van der Waals surface area contributed by atoms with Crippen molar-refractivity contribution in [1.29, 1.82) is 0 Å². The van der Waals surface area contributed by atoms with E-state index in [1.54, 1.807) is 7.11 Å². The number of methoxy groups -OCH3 is 1. The fourth-order valence-corrected chi connectivity index (χ4v) is 2.69. The van der Waals surface area contributed by atoms with Crippen LogP contribution in [0.4, 0.5) is 0 Å². The Morgan fingerprint density at radius 3 is 2.75 bits per heavy atom. The van der Waals surface area contributed by atoms with E-state index in [1.165, 1.54) is 0 Å². The van der Waals surface area contributed by atoms with Crippen molar-refractivity contribution < 1.29 is 9.53 Å². The molecule has 0 bridgehead atoms. The second-order valence-electron chi connectivity index (χ2n) is 5.93. The monoisotopic (exact) mass is 276 g/mol. The molecule has 1 saturated carbocycles. The van der Waals surface area contributed by atoms with Gasteiger partial charge in [-0.3, -0.25) is 4.79 Å². The van der Waals surface area contributed by atoms with Crippen LogP contribution in [-0.4, -0.2) is 18.6 Å². The maximum Gasteiger partial charge on any atom is 0.222 e. The van der Waals surface area contributed by atoms with Gasteiger partial charge in [0.2, 0.25) is 5.91 Å². The number of hydrogen-bond donors (Lipinski definition) is 2. The van der Waals surface area contributed by atoms with Gasteiger partial charge < -0.3 is 15.8 Å². The molecule has 1 unspecified atom stereocenters. The summed E-state index contributed by atoms with van der Waals surface area (Å²) in [6.45, 7) is 4.00. The van der Waals surface area contributed by atoms with E-state index < -0.39 is 0 Å². The smallest absolute Gasteiger partial charge is 0.222 e. The Morgan fingerprint density at radius 2 is 2.20 bits per heavy atom. The zero-order valence-electron chi connectivity index (χ0n) is 12.5. The molecule has 0 radical (unpaired) electrons. The van der Waals surface area contributed by atoms with E-state index in [0.717, 1.165) is 36.1 Å². The maximum absolute atomic E-state index is 12.1. The summed E-state index contributed by atoms with van der Waals surface area (Å²) in [6.07, 6.45) is 3.43. The molecule has 0 aliphatic heterocycles. The number of amides is 1. The van der Waals surface area contributed by atoms with Crippen LogP contribution in [0, 0.1) is 6.92 Å². The molecule has 3 N–H and O–H groups in total. The van der Waals surface area contributed by atoms with Gasteiger partial charge in [0.25, 0.3) is 0 Å². The average molecular weight is 276 g/mol. The van der Waals surface area contributed by atoms with Gasteiger partial charge in [-0.05, 0) is 39.2 Å². The van der Waals surface area contributed by atoms with E-state index in [4.69, 9.17) is 10.5 Å². The Balaban J connectivity index is 2.02. The number of nitrogens with one attached hydrogen (secondary N) is 1. The summed E-state index contributed by atoms with van der Waals surface area (Å²) in [4.78, 5) is 12.1. The van der Waals surface area contributed by atoms with Crippen LogP contribution in [0.25, 0.3) is 0 Å². The normalized spacial score (nSPS) is 18.0. The molecule has 0 spiro atoms. The first kappa shape index (κ1) is 14.9. The molecule has 0 aromatic heterocycles. The molecule has 110 valence electrons. The van der Waals surface area contributed by atoms with Gasteiger partial charge in [-0.15, -0.1) is 0 Å². The molecule has 20 heavy (non-hydrogen) atoms. The highest BCUT2D eigenvalue weighted by atomic mass is 16.5. The van der Waals surface area contributed by atoms with Crippen LogP contribution in [-0.2, 0) is 4.79 Å². The van der Waals surface area contributed by atoms with Crippen LogP contribution in [0.5, 0.6) is 5.75 Å². The lowest BCUT2D eigenvalue weighted by Gasteiger charge is -2.37. The first-order valence-electron chi connectivity index (χ1n) is 7.16. The van der Waals surface area contributed by atoms with Crippen molar-refractivity contribution in [3.63, 3.8) is 0 Å². The molecule has 1 aliphatic rings. The van der Waals surface area contributed by atoms with E-state index in [9.17, 15) is 4.79 Å². The van der Waals surface area contributed by atoms with Crippen molar-refractivity contribution >= 4 is 5.91 Å². The summed E-state index contributed by atoms with van der Waals surface area (Å²) in [7, 11) is 1.64. The lowest BCUT2D eigenvalue weighted by atomic mass is 9.75. The summed E-state index contributed by atoms with van der Waals surface area (Å²) in [5.74, 6) is 0.817. The number of hydrogen-bond acceptors (Lipinski definition) is 3. The van der Waals surface area contributed by atoms with Crippen molar-refractivity contribution in [3.8, 4) is 5.75 Å². The van der Waals surface area contributed by atoms with Gasteiger partial charge in [-0.2, -0.15) is 0 Å². The maximum atomic E-state index is 12.1. The van der Waals surface area contributed by atoms with Crippen LogP contribution in [0.1, 0.15) is 49.8 Å². The van der Waals surface area contributed by atoms with Gasteiger partial charge in [-0.25, -0.2) is 0 Å². The molecule has 4 nitrogen and oxygen atoms in total. The minimum Gasteiger partial charge on any atom is -0.496 e. The summed E-state index contributed by atoms with van der Waals surface area (Å²) < 4.78 is 5.36. The number of rotatable bonds is 5. The molecule has 1 fully saturated rings. The number of aryl methyl sites for hydroxylation is 1. The van der Waals surface area contributed by atoms with Crippen LogP contribution in [0.2, 0.25) is 0 Å². The van der Waals surface area contributed by atoms with Gasteiger partial charge in [0.15, 0.2) is 0 Å². The Labute approximate surface area is 120 Å². The minimum atomic E-state index is -0.277. The zero-order chi connectivity index (χ0) is 14.8. The Kier molecular flexibility index (Phi) is 4.33. The lowest BCUT2D eigenvalue weighted by Crippen LogP contribution is -2.50. The van der Waals surface area contributed by atoms with Gasteiger partial charge in [0.1, 0.15) is 5.75 Å². The van der Waals surface area contributed by atoms with Crippen molar-refractivity contribution in [2.45, 2.75) is 51.1 Å². The fourth-order valence-electron chi connectivity index (χ4n) is 2.69. The van der Waals surface area contributed by atoms with Crippen LogP contribution < -0.4 is 15.8 Å². The second-order valence-corrected chi connectivity index (χ2v) is 5.93. The summed E-state index contributed by atoms with van der Waals surface area (Å²) in [6, 6.07) is 5.90. The van der Waals surface area contributed by atoms with Gasteiger partial charge in [0, 0.05) is 17.5 Å². The number of carbonyl (C=O) groups excluding carboxylic acids is 1. The SMILES string of the molecule is COc1ccc(C)cc1C(C)NC(=O)CC1(N)CCC1. The average Bonchev–Trinajstić information content (AvgIpc) is 2.36. The lowest BCUT2D eigenvalue weighted by molar-refractivity contribution is -0.123.